The second-order valence-electron chi connectivity index (χ2n) is 9.63. The first-order valence-electron chi connectivity index (χ1n) is 11.5. The summed E-state index contributed by atoms with van der Waals surface area (Å²) in [5.74, 6) is 0. The fourth-order valence-electron chi connectivity index (χ4n) is 4.06. The molecular formula is C25H27BN4O6. The Hall–Kier alpha value is -3.72. The lowest BCUT2D eigenvalue weighted by atomic mass is 9.74. The zero-order valence-corrected chi connectivity index (χ0v) is 20.6. The highest BCUT2D eigenvalue weighted by molar-refractivity contribution is 6.63. The Morgan fingerprint density at radius 3 is 2.53 bits per heavy atom. The highest BCUT2D eigenvalue weighted by Gasteiger charge is 2.52. The zero-order chi connectivity index (χ0) is 26.3. The molecule has 2 N–H and O–H groups in total. The molecule has 0 aliphatic carbocycles. The van der Waals surface area contributed by atoms with Gasteiger partial charge in [-0.15, -0.1) is 0 Å². The Balaban J connectivity index is 1.73. The average Bonchev–Trinajstić information content (AvgIpc) is 3.06. The quantitative estimate of drug-likeness (QED) is 0.501. The highest BCUT2D eigenvalue weighted by atomic mass is 16.7. The van der Waals surface area contributed by atoms with E-state index in [0.717, 1.165) is 4.90 Å². The molecule has 36 heavy (non-hydrogen) atoms. The monoisotopic (exact) mass is 490 g/mol. The van der Waals surface area contributed by atoms with Crippen molar-refractivity contribution in [2.24, 2.45) is 0 Å². The average molecular weight is 490 g/mol. The molecule has 0 bridgehead atoms. The number of aliphatic hydroxyl groups is 1. The number of carboxylic acid groups (broad SMARTS) is 1. The van der Waals surface area contributed by atoms with E-state index in [1.54, 1.807) is 24.4 Å². The van der Waals surface area contributed by atoms with Crippen molar-refractivity contribution in [3.8, 4) is 17.2 Å². The van der Waals surface area contributed by atoms with Crippen LogP contribution in [0.3, 0.4) is 0 Å². The molecule has 0 saturated carbocycles. The molecule has 1 aliphatic heterocycles. The standard InChI is InChI=1S/C25H27BN4O6/c1-24(2)25(3,4)36-26(35-24)20-7-5-6-18(19(20)13-27)16-8-9-30-21(12-16)28-14-17(22(30)32)15-29(10-11-31)23(33)34/h5-9,12,14,31H,10-11,15H2,1-4H3,(H,33,34). The van der Waals surface area contributed by atoms with Gasteiger partial charge >= 0.3 is 13.2 Å². The van der Waals surface area contributed by atoms with E-state index in [1.165, 1.54) is 10.6 Å². The Bertz CT molecular complexity index is 1410. The highest BCUT2D eigenvalue weighted by Crippen LogP contribution is 2.37. The lowest BCUT2D eigenvalue weighted by Crippen LogP contribution is -2.41. The molecule has 3 heterocycles. The second kappa shape index (κ2) is 9.39. The molecule has 11 heteroatoms. The number of aliphatic hydroxyl groups excluding tert-OH is 1. The molecular weight excluding hydrogens is 463 g/mol. The number of nitrogens with zero attached hydrogens (tertiary/aromatic N) is 4. The van der Waals surface area contributed by atoms with Crippen molar-refractivity contribution in [2.45, 2.75) is 45.4 Å². The Kier molecular flexibility index (Phi) is 6.62. The van der Waals surface area contributed by atoms with Gasteiger partial charge in [0.05, 0.1) is 41.5 Å². The third-order valence-corrected chi connectivity index (χ3v) is 6.81. The van der Waals surface area contributed by atoms with Crippen LogP contribution in [0.5, 0.6) is 0 Å². The van der Waals surface area contributed by atoms with Gasteiger partial charge in [0.1, 0.15) is 5.65 Å². The maximum atomic E-state index is 13.0. The maximum Gasteiger partial charge on any atom is 0.496 e. The first kappa shape index (κ1) is 25.4. The van der Waals surface area contributed by atoms with Crippen molar-refractivity contribution in [2.75, 3.05) is 13.2 Å². The van der Waals surface area contributed by atoms with E-state index in [9.17, 15) is 20.0 Å². The number of hydrogen-bond acceptors (Lipinski definition) is 7. The van der Waals surface area contributed by atoms with Crippen LogP contribution in [0.1, 0.15) is 38.8 Å². The molecule has 1 amide bonds. The smallest absolute Gasteiger partial charge is 0.465 e. The number of hydrogen-bond donors (Lipinski definition) is 2. The van der Waals surface area contributed by atoms with E-state index in [4.69, 9.17) is 14.4 Å². The van der Waals surface area contributed by atoms with Gasteiger partial charge in [-0.25, -0.2) is 9.78 Å². The van der Waals surface area contributed by atoms with Crippen molar-refractivity contribution >= 4 is 24.3 Å². The number of pyridine rings is 1. The van der Waals surface area contributed by atoms with Gasteiger partial charge < -0.3 is 24.4 Å². The van der Waals surface area contributed by atoms with Crippen molar-refractivity contribution in [1.82, 2.24) is 14.3 Å². The van der Waals surface area contributed by atoms with Crippen LogP contribution >= 0.6 is 0 Å². The van der Waals surface area contributed by atoms with Crippen LogP contribution < -0.4 is 11.0 Å². The van der Waals surface area contributed by atoms with Gasteiger partial charge in [-0.2, -0.15) is 5.26 Å². The van der Waals surface area contributed by atoms with Gasteiger partial charge in [-0.3, -0.25) is 9.20 Å². The minimum absolute atomic E-state index is 0.119. The van der Waals surface area contributed by atoms with E-state index < -0.39 is 30.0 Å². The molecule has 0 spiro atoms. The van der Waals surface area contributed by atoms with E-state index >= 15 is 0 Å². The molecule has 0 atom stereocenters. The molecule has 0 unspecified atom stereocenters. The SMILES string of the molecule is CC1(C)OB(c2cccc(-c3ccn4c(=O)c(CN(CCO)C(=O)O)cnc4c3)c2C#N)OC1(C)C. The van der Waals surface area contributed by atoms with Crippen LogP contribution in [0.15, 0.2) is 47.5 Å². The number of fused-ring (bicyclic) bond motifs is 1. The van der Waals surface area contributed by atoms with E-state index in [1.807, 2.05) is 39.8 Å². The molecule has 2 aromatic heterocycles. The van der Waals surface area contributed by atoms with Gasteiger partial charge in [-0.05, 0) is 51.0 Å². The maximum absolute atomic E-state index is 13.0. The van der Waals surface area contributed by atoms with Crippen LogP contribution in [0.25, 0.3) is 16.8 Å². The molecule has 4 rings (SSSR count). The minimum atomic E-state index is -1.24. The predicted molar refractivity (Wildman–Crippen MR) is 133 cm³/mol. The summed E-state index contributed by atoms with van der Waals surface area (Å²) in [5, 5.41) is 28.4. The van der Waals surface area contributed by atoms with Crippen molar-refractivity contribution in [3.05, 3.63) is 64.2 Å². The van der Waals surface area contributed by atoms with Crippen LogP contribution in [-0.2, 0) is 15.9 Å². The molecule has 186 valence electrons. The molecule has 1 fully saturated rings. The summed E-state index contributed by atoms with van der Waals surface area (Å²) in [4.78, 5) is 29.6. The molecule has 1 saturated heterocycles. The summed E-state index contributed by atoms with van der Waals surface area (Å²) in [5.41, 5.74) is 1.34. The minimum Gasteiger partial charge on any atom is -0.465 e. The number of amides is 1. The van der Waals surface area contributed by atoms with Gasteiger partial charge in [0.25, 0.3) is 5.56 Å². The molecule has 3 aromatic rings. The van der Waals surface area contributed by atoms with E-state index in [0.29, 0.717) is 27.8 Å². The van der Waals surface area contributed by atoms with Crippen LogP contribution in [0.2, 0.25) is 0 Å². The summed E-state index contributed by atoms with van der Waals surface area (Å²) in [7, 11) is -0.704. The Labute approximate surface area is 208 Å². The number of aromatic nitrogens is 2. The van der Waals surface area contributed by atoms with Crippen molar-refractivity contribution < 1.29 is 24.3 Å². The Morgan fingerprint density at radius 2 is 1.92 bits per heavy atom. The van der Waals surface area contributed by atoms with Gasteiger partial charge in [0.15, 0.2) is 0 Å². The predicted octanol–water partition coefficient (Wildman–Crippen LogP) is 2.00. The summed E-state index contributed by atoms with van der Waals surface area (Å²) < 4.78 is 13.6. The number of rotatable bonds is 6. The van der Waals surface area contributed by atoms with E-state index in [-0.39, 0.29) is 25.3 Å². The summed E-state index contributed by atoms with van der Waals surface area (Å²) in [6.07, 6.45) is 1.64. The third-order valence-electron chi connectivity index (χ3n) is 6.81. The lowest BCUT2D eigenvalue weighted by Gasteiger charge is -2.32. The number of benzene rings is 1. The van der Waals surface area contributed by atoms with Gasteiger partial charge in [0, 0.05) is 24.4 Å². The summed E-state index contributed by atoms with van der Waals surface area (Å²) >= 11 is 0. The first-order valence-corrected chi connectivity index (χ1v) is 11.5. The summed E-state index contributed by atoms with van der Waals surface area (Å²) in [6, 6.07) is 11.1. The van der Waals surface area contributed by atoms with Crippen LogP contribution in [-0.4, -0.2) is 62.1 Å². The van der Waals surface area contributed by atoms with Crippen LogP contribution in [0, 0.1) is 11.3 Å². The lowest BCUT2D eigenvalue weighted by molar-refractivity contribution is 0.00578. The molecule has 10 nitrogen and oxygen atoms in total. The third kappa shape index (κ3) is 4.46. The molecule has 1 aliphatic rings. The fraction of sp³-hybridized carbons (Fsp3) is 0.360. The Morgan fingerprint density at radius 1 is 1.22 bits per heavy atom. The normalized spacial score (nSPS) is 16.2. The molecule has 1 aromatic carbocycles. The zero-order valence-electron chi connectivity index (χ0n) is 20.6. The van der Waals surface area contributed by atoms with Gasteiger partial charge in [-0.1, -0.05) is 18.2 Å². The van der Waals surface area contributed by atoms with Crippen molar-refractivity contribution in [3.63, 3.8) is 0 Å². The topological polar surface area (TPSA) is 137 Å². The fourth-order valence-corrected chi connectivity index (χ4v) is 4.06. The number of carbonyl (C=O) groups is 1. The van der Waals surface area contributed by atoms with Crippen molar-refractivity contribution in [1.29, 1.82) is 5.26 Å². The first-order chi connectivity index (χ1) is 17.0. The van der Waals surface area contributed by atoms with E-state index in [2.05, 4.69) is 11.1 Å². The summed E-state index contributed by atoms with van der Waals surface area (Å²) in [6.45, 7) is 7.12. The molecule has 0 radical (unpaired) electrons. The largest absolute Gasteiger partial charge is 0.496 e. The van der Waals surface area contributed by atoms with Crippen LogP contribution in [0.4, 0.5) is 4.79 Å². The number of nitriles is 1. The second-order valence-corrected chi connectivity index (χ2v) is 9.63. The van der Waals surface area contributed by atoms with Gasteiger partial charge in [0.2, 0.25) is 0 Å².